The van der Waals surface area contributed by atoms with Gasteiger partial charge in [-0.25, -0.2) is 8.78 Å². The Bertz CT molecular complexity index is 666. The quantitative estimate of drug-likeness (QED) is 0.817. The van der Waals surface area contributed by atoms with Gasteiger partial charge in [-0.3, -0.25) is 9.69 Å². The molecule has 0 aliphatic carbocycles. The molecule has 0 N–H and O–H groups in total. The Hall–Kier alpha value is -2.04. The molecule has 7 heteroatoms. The fourth-order valence-electron chi connectivity index (χ4n) is 3.46. The third kappa shape index (κ3) is 3.80. The molecule has 0 unspecified atom stereocenters. The summed E-state index contributed by atoms with van der Waals surface area (Å²) in [5, 5.41) is 8.80. The van der Waals surface area contributed by atoms with Gasteiger partial charge in [-0.15, -0.1) is 0 Å². The van der Waals surface area contributed by atoms with Crippen LogP contribution in [-0.2, 0) is 4.74 Å². The molecule has 134 valence electrons. The van der Waals surface area contributed by atoms with E-state index in [4.69, 9.17) is 10.00 Å². The summed E-state index contributed by atoms with van der Waals surface area (Å²) in [5.41, 5.74) is 1.01. The average molecular weight is 349 g/mol. The molecule has 1 atom stereocenters. The molecule has 1 amide bonds. The van der Waals surface area contributed by atoms with E-state index in [-0.39, 0.29) is 31.0 Å². The van der Waals surface area contributed by atoms with Gasteiger partial charge >= 0.3 is 0 Å². The van der Waals surface area contributed by atoms with Crippen LogP contribution in [0.25, 0.3) is 0 Å². The summed E-state index contributed by atoms with van der Waals surface area (Å²) in [6.45, 7) is 3.26. The molecule has 0 radical (unpaired) electrons. The van der Waals surface area contributed by atoms with Crippen molar-refractivity contribution in [3.63, 3.8) is 0 Å². The first-order valence-electron chi connectivity index (χ1n) is 8.44. The Balaban J connectivity index is 1.58. The summed E-state index contributed by atoms with van der Waals surface area (Å²) in [7, 11) is 0. The summed E-state index contributed by atoms with van der Waals surface area (Å²) in [6.07, 6.45) is -0.187. The fraction of sp³-hybridized carbons (Fsp3) is 0.556. The van der Waals surface area contributed by atoms with Gasteiger partial charge in [0, 0.05) is 43.8 Å². The first kappa shape index (κ1) is 17.8. The third-order valence-electron chi connectivity index (χ3n) is 4.81. The van der Waals surface area contributed by atoms with Crippen LogP contribution in [0.2, 0.25) is 0 Å². The predicted octanol–water partition coefficient (Wildman–Crippen LogP) is 2.13. The standard InChI is InChI=1S/C18H21F2N3O2/c1-2-25-11-15-7-18(19,20)12-23(15)16-9-22(10-16)17(24)14-5-3-13(8-21)4-6-14/h3-6,15-16H,2,7,9-12H2,1H3/t15-/m0/s1. The zero-order valence-electron chi connectivity index (χ0n) is 14.1. The maximum Gasteiger partial charge on any atom is 0.262 e. The lowest BCUT2D eigenvalue weighted by Gasteiger charge is -2.45. The van der Waals surface area contributed by atoms with Gasteiger partial charge in [0.2, 0.25) is 0 Å². The number of rotatable bonds is 5. The number of carbonyl (C=O) groups is 1. The second-order valence-electron chi connectivity index (χ2n) is 6.60. The summed E-state index contributed by atoms with van der Waals surface area (Å²) in [5.74, 6) is -2.83. The van der Waals surface area contributed by atoms with Crippen LogP contribution in [0.4, 0.5) is 8.78 Å². The minimum atomic E-state index is -2.70. The zero-order chi connectivity index (χ0) is 18.0. The number of likely N-dealkylation sites (tertiary alicyclic amines) is 2. The van der Waals surface area contributed by atoms with Crippen molar-refractivity contribution >= 4 is 5.91 Å². The van der Waals surface area contributed by atoms with Crippen molar-refractivity contribution in [3.8, 4) is 6.07 Å². The number of ether oxygens (including phenoxy) is 1. The van der Waals surface area contributed by atoms with Crippen molar-refractivity contribution in [3.05, 3.63) is 35.4 Å². The van der Waals surface area contributed by atoms with E-state index in [9.17, 15) is 13.6 Å². The van der Waals surface area contributed by atoms with E-state index in [0.29, 0.717) is 37.4 Å². The SMILES string of the molecule is CCOC[C@@H]1CC(F)(F)CN1C1CN(C(=O)c2ccc(C#N)cc2)C1. The number of halogens is 2. The Labute approximate surface area is 145 Å². The highest BCUT2D eigenvalue weighted by atomic mass is 19.3. The van der Waals surface area contributed by atoms with Crippen LogP contribution >= 0.6 is 0 Å². The van der Waals surface area contributed by atoms with E-state index in [1.807, 2.05) is 13.0 Å². The second kappa shape index (κ2) is 7.06. The number of alkyl halides is 2. The van der Waals surface area contributed by atoms with Crippen LogP contribution in [0.1, 0.15) is 29.3 Å². The lowest BCUT2D eigenvalue weighted by Crippen LogP contribution is -2.62. The second-order valence-corrected chi connectivity index (χ2v) is 6.60. The normalized spacial score (nSPS) is 23.3. The van der Waals surface area contributed by atoms with Crippen molar-refractivity contribution in [1.29, 1.82) is 5.26 Å². The van der Waals surface area contributed by atoms with E-state index < -0.39 is 5.92 Å². The number of benzene rings is 1. The molecule has 0 bridgehead atoms. The Kier molecular flexibility index (Phi) is 5.02. The minimum Gasteiger partial charge on any atom is -0.380 e. The van der Waals surface area contributed by atoms with Crippen LogP contribution in [0, 0.1) is 11.3 Å². The van der Waals surface area contributed by atoms with Gasteiger partial charge in [0.05, 0.1) is 24.8 Å². The van der Waals surface area contributed by atoms with Gasteiger partial charge in [0.25, 0.3) is 11.8 Å². The molecule has 1 aromatic carbocycles. The molecular formula is C18H21F2N3O2. The van der Waals surface area contributed by atoms with Crippen LogP contribution in [-0.4, -0.2) is 66.6 Å². The zero-order valence-corrected chi connectivity index (χ0v) is 14.1. The van der Waals surface area contributed by atoms with E-state index >= 15 is 0 Å². The molecule has 2 fully saturated rings. The van der Waals surface area contributed by atoms with Gasteiger partial charge in [-0.2, -0.15) is 5.26 Å². The van der Waals surface area contributed by atoms with Crippen LogP contribution in [0.3, 0.4) is 0 Å². The molecule has 25 heavy (non-hydrogen) atoms. The number of nitrogens with zero attached hydrogens (tertiary/aromatic N) is 3. The monoisotopic (exact) mass is 349 g/mol. The molecule has 0 spiro atoms. The Morgan fingerprint density at radius 3 is 2.64 bits per heavy atom. The number of carbonyl (C=O) groups excluding carboxylic acids is 1. The van der Waals surface area contributed by atoms with Gasteiger partial charge in [0.15, 0.2) is 0 Å². The van der Waals surface area contributed by atoms with Gasteiger partial charge < -0.3 is 9.64 Å². The topological polar surface area (TPSA) is 56.6 Å². The van der Waals surface area contributed by atoms with Gasteiger partial charge in [0.1, 0.15) is 0 Å². The molecule has 5 nitrogen and oxygen atoms in total. The Morgan fingerprint density at radius 2 is 2.04 bits per heavy atom. The van der Waals surface area contributed by atoms with Crippen molar-refractivity contribution in [2.24, 2.45) is 0 Å². The van der Waals surface area contributed by atoms with E-state index in [2.05, 4.69) is 0 Å². The van der Waals surface area contributed by atoms with Gasteiger partial charge in [-0.05, 0) is 31.2 Å². The molecule has 3 rings (SSSR count). The highest BCUT2D eigenvalue weighted by molar-refractivity contribution is 5.94. The smallest absolute Gasteiger partial charge is 0.262 e. The van der Waals surface area contributed by atoms with E-state index in [0.717, 1.165) is 0 Å². The summed E-state index contributed by atoms with van der Waals surface area (Å²) in [6, 6.07) is 8.10. The lowest BCUT2D eigenvalue weighted by molar-refractivity contribution is -0.0148. The third-order valence-corrected chi connectivity index (χ3v) is 4.81. The van der Waals surface area contributed by atoms with Crippen LogP contribution in [0.5, 0.6) is 0 Å². The van der Waals surface area contributed by atoms with Crippen molar-refractivity contribution in [2.45, 2.75) is 31.4 Å². The molecule has 2 aliphatic rings. The molecule has 1 aromatic rings. The fourth-order valence-corrected chi connectivity index (χ4v) is 3.46. The number of nitriles is 1. The Morgan fingerprint density at radius 1 is 1.36 bits per heavy atom. The van der Waals surface area contributed by atoms with Crippen LogP contribution < -0.4 is 0 Å². The molecule has 0 aromatic heterocycles. The molecule has 2 heterocycles. The van der Waals surface area contributed by atoms with E-state index in [1.54, 1.807) is 34.1 Å². The summed E-state index contributed by atoms with van der Waals surface area (Å²) >= 11 is 0. The summed E-state index contributed by atoms with van der Waals surface area (Å²) < 4.78 is 32.9. The largest absolute Gasteiger partial charge is 0.380 e. The first-order chi connectivity index (χ1) is 11.9. The number of hydrogen-bond donors (Lipinski definition) is 0. The maximum atomic E-state index is 13.8. The molecular weight excluding hydrogens is 328 g/mol. The van der Waals surface area contributed by atoms with Crippen molar-refractivity contribution in [1.82, 2.24) is 9.80 Å². The predicted molar refractivity (Wildman–Crippen MR) is 87.4 cm³/mol. The molecule has 2 aliphatic heterocycles. The lowest BCUT2D eigenvalue weighted by atomic mass is 10.0. The highest BCUT2D eigenvalue weighted by Gasteiger charge is 2.50. The highest BCUT2D eigenvalue weighted by Crippen LogP contribution is 2.35. The number of hydrogen-bond acceptors (Lipinski definition) is 4. The average Bonchev–Trinajstić information content (AvgIpc) is 2.86. The van der Waals surface area contributed by atoms with Crippen molar-refractivity contribution < 1.29 is 18.3 Å². The maximum absolute atomic E-state index is 13.8. The molecule has 0 saturated carbocycles. The minimum absolute atomic E-state index is 0.0545. The van der Waals surface area contributed by atoms with Crippen molar-refractivity contribution in [2.75, 3.05) is 32.8 Å². The molecule has 2 saturated heterocycles. The summed E-state index contributed by atoms with van der Waals surface area (Å²) in [4.78, 5) is 15.9. The van der Waals surface area contributed by atoms with E-state index in [1.165, 1.54) is 0 Å². The van der Waals surface area contributed by atoms with Gasteiger partial charge in [-0.1, -0.05) is 0 Å². The number of amides is 1. The van der Waals surface area contributed by atoms with Crippen LogP contribution in [0.15, 0.2) is 24.3 Å². The first-order valence-corrected chi connectivity index (χ1v) is 8.44.